The zero-order valence-corrected chi connectivity index (χ0v) is 13.8. The van der Waals surface area contributed by atoms with Crippen molar-refractivity contribution in [3.8, 4) is 0 Å². The van der Waals surface area contributed by atoms with Gasteiger partial charge in [-0.05, 0) is 62.2 Å². The highest BCUT2D eigenvalue weighted by Crippen LogP contribution is 2.57. The molecular formula is C18H31NO2. The second-order valence-corrected chi connectivity index (χ2v) is 8.68. The average molecular weight is 293 g/mol. The molecule has 0 aromatic carbocycles. The largest absolute Gasteiger partial charge is 0.481 e. The number of hydrogen-bond acceptors (Lipinski definition) is 2. The van der Waals surface area contributed by atoms with Crippen molar-refractivity contribution in [1.82, 2.24) is 4.90 Å². The Labute approximate surface area is 129 Å². The van der Waals surface area contributed by atoms with Crippen LogP contribution in [0.25, 0.3) is 0 Å². The van der Waals surface area contributed by atoms with E-state index in [1.165, 1.54) is 38.5 Å². The van der Waals surface area contributed by atoms with Crippen molar-refractivity contribution in [3.63, 3.8) is 0 Å². The molecule has 0 aromatic heterocycles. The Morgan fingerprint density at radius 1 is 1.05 bits per heavy atom. The molecule has 1 unspecified atom stereocenters. The lowest BCUT2D eigenvalue weighted by Gasteiger charge is -2.61. The third-order valence-corrected chi connectivity index (χ3v) is 6.18. The number of rotatable bonds is 6. The van der Waals surface area contributed by atoms with Crippen LogP contribution in [0.1, 0.15) is 59.3 Å². The fourth-order valence-electron chi connectivity index (χ4n) is 5.76. The number of aliphatic carboxylic acids is 1. The number of nitrogens with zero attached hydrogens (tertiary/aromatic N) is 1. The van der Waals surface area contributed by atoms with Crippen LogP contribution in [-0.2, 0) is 4.79 Å². The van der Waals surface area contributed by atoms with Gasteiger partial charge < -0.3 is 5.11 Å². The van der Waals surface area contributed by atoms with E-state index in [9.17, 15) is 9.90 Å². The third kappa shape index (κ3) is 2.99. The van der Waals surface area contributed by atoms with E-state index < -0.39 is 5.97 Å². The zero-order valence-electron chi connectivity index (χ0n) is 13.8. The summed E-state index contributed by atoms with van der Waals surface area (Å²) in [6.45, 7) is 8.19. The summed E-state index contributed by atoms with van der Waals surface area (Å²) in [4.78, 5) is 13.9. The van der Waals surface area contributed by atoms with Crippen molar-refractivity contribution in [2.75, 3.05) is 13.1 Å². The SMILES string of the molecule is CC(C)CN(CC(C)C(=O)O)C12CC3CC(CC(C3)C1)C2. The molecule has 0 aromatic rings. The Hall–Kier alpha value is -0.570. The quantitative estimate of drug-likeness (QED) is 0.813. The van der Waals surface area contributed by atoms with Gasteiger partial charge in [0.05, 0.1) is 5.92 Å². The van der Waals surface area contributed by atoms with Gasteiger partial charge in [0.25, 0.3) is 0 Å². The van der Waals surface area contributed by atoms with Crippen LogP contribution >= 0.6 is 0 Å². The molecule has 21 heavy (non-hydrogen) atoms. The van der Waals surface area contributed by atoms with Gasteiger partial charge in [-0.2, -0.15) is 0 Å². The highest BCUT2D eigenvalue weighted by molar-refractivity contribution is 5.69. The second-order valence-electron chi connectivity index (χ2n) is 8.68. The highest BCUT2D eigenvalue weighted by Gasteiger charge is 2.53. The molecule has 0 amide bonds. The maximum Gasteiger partial charge on any atom is 0.307 e. The zero-order chi connectivity index (χ0) is 15.2. The van der Waals surface area contributed by atoms with Crippen molar-refractivity contribution in [2.24, 2.45) is 29.6 Å². The van der Waals surface area contributed by atoms with E-state index in [-0.39, 0.29) is 5.92 Å². The molecule has 0 spiro atoms. The molecule has 0 radical (unpaired) electrons. The minimum atomic E-state index is -0.645. The van der Waals surface area contributed by atoms with Crippen molar-refractivity contribution in [3.05, 3.63) is 0 Å². The molecule has 4 fully saturated rings. The fraction of sp³-hybridized carbons (Fsp3) is 0.944. The molecule has 0 heterocycles. The maximum absolute atomic E-state index is 11.3. The topological polar surface area (TPSA) is 40.5 Å². The minimum Gasteiger partial charge on any atom is -0.481 e. The Morgan fingerprint density at radius 3 is 1.90 bits per heavy atom. The predicted molar refractivity (Wildman–Crippen MR) is 84.1 cm³/mol. The fourth-order valence-corrected chi connectivity index (χ4v) is 5.76. The van der Waals surface area contributed by atoms with Crippen LogP contribution in [0.15, 0.2) is 0 Å². The maximum atomic E-state index is 11.3. The van der Waals surface area contributed by atoms with Crippen molar-refractivity contribution < 1.29 is 9.90 Å². The molecule has 4 saturated carbocycles. The third-order valence-electron chi connectivity index (χ3n) is 6.18. The van der Waals surface area contributed by atoms with Crippen LogP contribution in [0, 0.1) is 29.6 Å². The first-order valence-corrected chi connectivity index (χ1v) is 8.86. The number of hydrogen-bond donors (Lipinski definition) is 1. The van der Waals surface area contributed by atoms with Gasteiger partial charge in [0.1, 0.15) is 0 Å². The standard InChI is InChI=1S/C18H31NO2/c1-12(2)10-19(11-13(3)17(20)21)18-7-14-4-15(8-18)6-16(5-14)9-18/h12-16H,4-11H2,1-3H3,(H,20,21). The summed E-state index contributed by atoms with van der Waals surface area (Å²) in [7, 11) is 0. The molecule has 3 nitrogen and oxygen atoms in total. The summed E-state index contributed by atoms with van der Waals surface area (Å²) in [5, 5.41) is 9.32. The van der Waals surface area contributed by atoms with Gasteiger partial charge in [-0.3, -0.25) is 9.69 Å². The van der Waals surface area contributed by atoms with Crippen LogP contribution in [0.3, 0.4) is 0 Å². The van der Waals surface area contributed by atoms with Crippen LogP contribution in [-0.4, -0.2) is 34.6 Å². The summed E-state index contributed by atoms with van der Waals surface area (Å²) in [5.41, 5.74) is 0.336. The number of carboxylic acid groups (broad SMARTS) is 1. The van der Waals surface area contributed by atoms with Crippen LogP contribution in [0.4, 0.5) is 0 Å². The minimum absolute atomic E-state index is 0.253. The summed E-state index contributed by atoms with van der Waals surface area (Å²) in [5.74, 6) is 2.48. The Kier molecular flexibility index (Phi) is 4.06. The van der Waals surface area contributed by atoms with Crippen molar-refractivity contribution in [1.29, 1.82) is 0 Å². The molecular weight excluding hydrogens is 262 g/mol. The average Bonchev–Trinajstić information content (AvgIpc) is 2.35. The number of carboxylic acids is 1. The van der Waals surface area contributed by atoms with Crippen LogP contribution in [0.2, 0.25) is 0 Å². The van der Waals surface area contributed by atoms with E-state index in [2.05, 4.69) is 18.7 Å². The summed E-state index contributed by atoms with van der Waals surface area (Å²) >= 11 is 0. The molecule has 0 saturated heterocycles. The molecule has 4 aliphatic carbocycles. The Balaban J connectivity index is 1.80. The van der Waals surface area contributed by atoms with Gasteiger partial charge in [0.15, 0.2) is 0 Å². The first kappa shape index (κ1) is 15.3. The van der Waals surface area contributed by atoms with Gasteiger partial charge >= 0.3 is 5.97 Å². The predicted octanol–water partition coefficient (Wildman–Crippen LogP) is 3.63. The molecule has 4 bridgehead atoms. The normalized spacial score (nSPS) is 39.2. The monoisotopic (exact) mass is 293 g/mol. The summed E-state index contributed by atoms with van der Waals surface area (Å²) < 4.78 is 0. The molecule has 3 heteroatoms. The van der Waals surface area contributed by atoms with Crippen LogP contribution in [0.5, 0.6) is 0 Å². The molecule has 4 aliphatic rings. The van der Waals surface area contributed by atoms with Crippen LogP contribution < -0.4 is 0 Å². The van der Waals surface area contributed by atoms with E-state index in [0.29, 0.717) is 11.5 Å². The lowest BCUT2D eigenvalue weighted by molar-refractivity contribution is -0.144. The molecule has 1 N–H and O–H groups in total. The molecule has 0 aliphatic heterocycles. The first-order valence-electron chi connectivity index (χ1n) is 8.86. The first-order chi connectivity index (χ1) is 9.88. The van der Waals surface area contributed by atoms with E-state index in [1.54, 1.807) is 0 Å². The van der Waals surface area contributed by atoms with Gasteiger partial charge in [0, 0.05) is 18.6 Å². The van der Waals surface area contributed by atoms with E-state index in [4.69, 9.17) is 0 Å². The number of carbonyl (C=O) groups is 1. The van der Waals surface area contributed by atoms with Crippen molar-refractivity contribution >= 4 is 5.97 Å². The lowest BCUT2D eigenvalue weighted by atomic mass is 9.52. The molecule has 120 valence electrons. The molecule has 4 rings (SSSR count). The van der Waals surface area contributed by atoms with Crippen molar-refractivity contribution in [2.45, 2.75) is 64.8 Å². The van der Waals surface area contributed by atoms with Gasteiger partial charge in [-0.25, -0.2) is 0 Å². The van der Waals surface area contributed by atoms with Gasteiger partial charge in [0.2, 0.25) is 0 Å². The molecule has 1 atom stereocenters. The van der Waals surface area contributed by atoms with E-state index >= 15 is 0 Å². The highest BCUT2D eigenvalue weighted by atomic mass is 16.4. The Bertz CT molecular complexity index is 369. The second kappa shape index (κ2) is 5.57. The van der Waals surface area contributed by atoms with Gasteiger partial charge in [-0.1, -0.05) is 20.8 Å². The van der Waals surface area contributed by atoms with E-state index in [0.717, 1.165) is 30.8 Å². The summed E-state index contributed by atoms with van der Waals surface area (Å²) in [6, 6.07) is 0. The van der Waals surface area contributed by atoms with Gasteiger partial charge in [-0.15, -0.1) is 0 Å². The Morgan fingerprint density at radius 2 is 1.52 bits per heavy atom. The van der Waals surface area contributed by atoms with E-state index in [1.807, 2.05) is 6.92 Å². The smallest absolute Gasteiger partial charge is 0.307 e. The summed E-state index contributed by atoms with van der Waals surface area (Å²) in [6.07, 6.45) is 8.34. The lowest BCUT2D eigenvalue weighted by Crippen LogP contribution is -2.61.